The number of hydrogen-bond acceptors (Lipinski definition) is 5. The van der Waals surface area contributed by atoms with Gasteiger partial charge in [0.25, 0.3) is 5.91 Å². The van der Waals surface area contributed by atoms with Crippen molar-refractivity contribution in [3.8, 4) is 22.1 Å². The molecule has 0 N–H and O–H groups in total. The standard InChI is InChI=1S/C20H20N2O3S/c1-22(13-15-9-10-16(24-2)11-17(15)25-3)20(23)18-12-21-19(26-18)14-7-5-4-6-8-14/h4-12H,13H2,1-3H3. The van der Waals surface area contributed by atoms with E-state index in [1.165, 1.54) is 11.3 Å². The summed E-state index contributed by atoms with van der Waals surface area (Å²) in [6, 6.07) is 15.4. The van der Waals surface area contributed by atoms with E-state index >= 15 is 0 Å². The number of aromatic nitrogens is 1. The van der Waals surface area contributed by atoms with E-state index < -0.39 is 0 Å². The molecule has 0 bridgehead atoms. The minimum atomic E-state index is -0.0671. The van der Waals surface area contributed by atoms with Gasteiger partial charge in [-0.1, -0.05) is 30.3 Å². The first-order valence-corrected chi connectivity index (χ1v) is 8.91. The number of amides is 1. The van der Waals surface area contributed by atoms with Crippen LogP contribution in [0.25, 0.3) is 10.6 Å². The van der Waals surface area contributed by atoms with Crippen LogP contribution in [0.2, 0.25) is 0 Å². The van der Waals surface area contributed by atoms with Crippen molar-refractivity contribution < 1.29 is 14.3 Å². The largest absolute Gasteiger partial charge is 0.497 e. The molecule has 0 aliphatic carbocycles. The van der Waals surface area contributed by atoms with Crippen molar-refractivity contribution in [2.45, 2.75) is 6.54 Å². The predicted molar refractivity (Wildman–Crippen MR) is 103 cm³/mol. The summed E-state index contributed by atoms with van der Waals surface area (Å²) >= 11 is 1.40. The lowest BCUT2D eigenvalue weighted by Crippen LogP contribution is -2.25. The first-order chi connectivity index (χ1) is 12.6. The van der Waals surface area contributed by atoms with Gasteiger partial charge in [0.05, 0.1) is 20.4 Å². The molecule has 3 aromatic rings. The monoisotopic (exact) mass is 368 g/mol. The van der Waals surface area contributed by atoms with Crippen LogP contribution in [0, 0.1) is 0 Å². The lowest BCUT2D eigenvalue weighted by Gasteiger charge is -2.18. The van der Waals surface area contributed by atoms with Crippen molar-refractivity contribution in [1.82, 2.24) is 9.88 Å². The Balaban J connectivity index is 1.75. The highest BCUT2D eigenvalue weighted by Crippen LogP contribution is 2.28. The molecule has 1 aromatic heterocycles. The fourth-order valence-electron chi connectivity index (χ4n) is 2.59. The molecule has 6 heteroatoms. The number of nitrogens with zero attached hydrogens (tertiary/aromatic N) is 2. The maximum Gasteiger partial charge on any atom is 0.265 e. The van der Waals surface area contributed by atoms with Crippen molar-refractivity contribution in [2.75, 3.05) is 21.3 Å². The molecule has 1 amide bonds. The lowest BCUT2D eigenvalue weighted by atomic mass is 10.1. The second-order valence-electron chi connectivity index (χ2n) is 5.73. The van der Waals surface area contributed by atoms with E-state index in [2.05, 4.69) is 4.98 Å². The molecule has 1 heterocycles. The predicted octanol–water partition coefficient (Wildman–Crippen LogP) is 4.10. The van der Waals surface area contributed by atoms with Gasteiger partial charge in [0.2, 0.25) is 0 Å². The summed E-state index contributed by atoms with van der Waals surface area (Å²) in [5.41, 5.74) is 1.92. The van der Waals surface area contributed by atoms with Crippen LogP contribution in [0.5, 0.6) is 11.5 Å². The summed E-state index contributed by atoms with van der Waals surface area (Å²) in [4.78, 5) is 19.4. The van der Waals surface area contributed by atoms with Crippen LogP contribution < -0.4 is 9.47 Å². The fraction of sp³-hybridized carbons (Fsp3) is 0.200. The molecule has 26 heavy (non-hydrogen) atoms. The molecule has 134 valence electrons. The molecule has 0 radical (unpaired) electrons. The minimum absolute atomic E-state index is 0.0671. The van der Waals surface area contributed by atoms with E-state index in [4.69, 9.17) is 9.47 Å². The third-order valence-electron chi connectivity index (χ3n) is 3.99. The number of carbonyl (C=O) groups is 1. The number of carbonyl (C=O) groups excluding carboxylic acids is 1. The molecule has 3 rings (SSSR count). The Labute approximate surface area is 156 Å². The normalized spacial score (nSPS) is 10.4. The smallest absolute Gasteiger partial charge is 0.265 e. The highest BCUT2D eigenvalue weighted by Gasteiger charge is 2.17. The van der Waals surface area contributed by atoms with Crippen molar-refractivity contribution >= 4 is 17.2 Å². The lowest BCUT2D eigenvalue weighted by molar-refractivity contribution is 0.0788. The van der Waals surface area contributed by atoms with Gasteiger partial charge in [0.1, 0.15) is 21.4 Å². The maximum atomic E-state index is 12.7. The Kier molecular flexibility index (Phi) is 5.53. The number of methoxy groups -OCH3 is 2. The Bertz CT molecular complexity index is 893. The van der Waals surface area contributed by atoms with Gasteiger partial charge in [-0.15, -0.1) is 11.3 Å². The maximum absolute atomic E-state index is 12.7. The van der Waals surface area contributed by atoms with Crippen LogP contribution in [-0.4, -0.2) is 37.1 Å². The van der Waals surface area contributed by atoms with Crippen molar-refractivity contribution in [2.24, 2.45) is 0 Å². The molecule has 5 nitrogen and oxygen atoms in total. The second-order valence-corrected chi connectivity index (χ2v) is 6.77. The van der Waals surface area contributed by atoms with Gasteiger partial charge >= 0.3 is 0 Å². The average molecular weight is 368 g/mol. The van der Waals surface area contributed by atoms with Gasteiger partial charge in [0.15, 0.2) is 0 Å². The van der Waals surface area contributed by atoms with Gasteiger partial charge < -0.3 is 14.4 Å². The van der Waals surface area contributed by atoms with Gasteiger partial charge in [-0.25, -0.2) is 4.98 Å². The molecule has 0 aliphatic heterocycles. The molecule has 0 fully saturated rings. The van der Waals surface area contributed by atoms with Crippen molar-refractivity contribution in [3.05, 3.63) is 65.2 Å². The summed E-state index contributed by atoms with van der Waals surface area (Å²) in [6.45, 7) is 0.435. The molecule has 0 spiro atoms. The molecular formula is C20H20N2O3S. The third kappa shape index (κ3) is 3.86. The molecule has 0 aliphatic rings. The Morgan fingerprint density at radius 3 is 2.58 bits per heavy atom. The number of hydrogen-bond donors (Lipinski definition) is 0. The zero-order chi connectivity index (χ0) is 18.5. The van der Waals surface area contributed by atoms with E-state index in [0.717, 1.165) is 21.9 Å². The topological polar surface area (TPSA) is 51.7 Å². The summed E-state index contributed by atoms with van der Waals surface area (Å²) < 4.78 is 10.6. The second kappa shape index (κ2) is 8.01. The van der Waals surface area contributed by atoms with Crippen molar-refractivity contribution in [1.29, 1.82) is 0 Å². The van der Waals surface area contributed by atoms with Crippen LogP contribution >= 0.6 is 11.3 Å². The number of rotatable bonds is 6. The van der Waals surface area contributed by atoms with Gasteiger partial charge in [0, 0.05) is 30.8 Å². The zero-order valence-electron chi connectivity index (χ0n) is 14.9. The molecule has 0 unspecified atom stereocenters. The molecular weight excluding hydrogens is 348 g/mol. The number of ether oxygens (including phenoxy) is 2. The molecule has 0 saturated carbocycles. The van der Waals surface area contributed by atoms with Crippen LogP contribution in [0.1, 0.15) is 15.2 Å². The highest BCUT2D eigenvalue weighted by molar-refractivity contribution is 7.16. The highest BCUT2D eigenvalue weighted by atomic mass is 32.1. The summed E-state index contributed by atoms with van der Waals surface area (Å²) in [5, 5.41) is 0.837. The van der Waals surface area contributed by atoms with E-state index in [1.807, 2.05) is 48.5 Å². The quantitative estimate of drug-likeness (QED) is 0.657. The molecule has 0 saturated heterocycles. The van der Waals surface area contributed by atoms with Crippen molar-refractivity contribution in [3.63, 3.8) is 0 Å². The van der Waals surface area contributed by atoms with Gasteiger partial charge in [-0.2, -0.15) is 0 Å². The van der Waals surface area contributed by atoms with E-state index in [-0.39, 0.29) is 5.91 Å². The van der Waals surface area contributed by atoms with Crippen LogP contribution in [-0.2, 0) is 6.54 Å². The fourth-order valence-corrected chi connectivity index (χ4v) is 3.50. The van der Waals surface area contributed by atoms with Crippen LogP contribution in [0.4, 0.5) is 0 Å². The Hall–Kier alpha value is -2.86. The number of thiazole rings is 1. The van der Waals surface area contributed by atoms with E-state index in [9.17, 15) is 4.79 Å². The van der Waals surface area contributed by atoms with Gasteiger partial charge in [-0.05, 0) is 12.1 Å². The SMILES string of the molecule is COc1ccc(CN(C)C(=O)c2cnc(-c3ccccc3)s2)c(OC)c1. The zero-order valence-corrected chi connectivity index (χ0v) is 15.7. The van der Waals surface area contributed by atoms with E-state index in [0.29, 0.717) is 17.2 Å². The van der Waals surface area contributed by atoms with Gasteiger partial charge in [-0.3, -0.25) is 4.79 Å². The van der Waals surface area contributed by atoms with Crippen LogP contribution in [0.15, 0.2) is 54.7 Å². The minimum Gasteiger partial charge on any atom is -0.497 e. The third-order valence-corrected chi connectivity index (χ3v) is 5.02. The Morgan fingerprint density at radius 1 is 1.12 bits per heavy atom. The average Bonchev–Trinajstić information content (AvgIpc) is 3.18. The van der Waals surface area contributed by atoms with E-state index in [1.54, 1.807) is 32.4 Å². The first kappa shape index (κ1) is 17.9. The summed E-state index contributed by atoms with van der Waals surface area (Å²) in [7, 11) is 4.99. The Morgan fingerprint density at radius 2 is 1.88 bits per heavy atom. The van der Waals surface area contributed by atoms with Crippen LogP contribution in [0.3, 0.4) is 0 Å². The molecule has 0 atom stereocenters. The first-order valence-electron chi connectivity index (χ1n) is 8.10. The number of benzene rings is 2. The molecule has 2 aromatic carbocycles. The summed E-state index contributed by atoms with van der Waals surface area (Å²) in [5.74, 6) is 1.34. The summed E-state index contributed by atoms with van der Waals surface area (Å²) in [6.07, 6.45) is 1.64.